The molecule has 1 aromatic carbocycles. The van der Waals surface area contributed by atoms with Crippen LogP contribution in [0.5, 0.6) is 11.5 Å². The van der Waals surface area contributed by atoms with E-state index in [1.165, 1.54) is 30.4 Å². The Hall–Kier alpha value is -1.26. The van der Waals surface area contributed by atoms with E-state index in [4.69, 9.17) is 0 Å². The number of rotatable bonds is 0. The Bertz CT molecular complexity index is 835. The predicted molar refractivity (Wildman–Crippen MR) is 96.2 cm³/mol. The topological polar surface area (TPSA) is 135 Å². The van der Waals surface area contributed by atoms with Crippen LogP contribution in [0.1, 0.15) is 44.9 Å². The van der Waals surface area contributed by atoms with Crippen molar-refractivity contribution in [2.24, 2.45) is 0 Å². The zero-order chi connectivity index (χ0) is 19.0. The molecule has 0 saturated carbocycles. The second-order valence-electron chi connectivity index (χ2n) is 7.07. The van der Waals surface area contributed by atoms with Crippen LogP contribution in [0.15, 0.2) is 0 Å². The lowest BCUT2D eigenvalue weighted by Gasteiger charge is -2.41. The van der Waals surface area contributed by atoms with Crippen LogP contribution in [0.3, 0.4) is 0 Å². The van der Waals surface area contributed by atoms with Gasteiger partial charge in [0.1, 0.15) is 23.7 Å². The zero-order valence-electron chi connectivity index (χ0n) is 13.8. The number of phenolic OH excluding ortho intramolecular Hbond substituents is 2. The van der Waals surface area contributed by atoms with Gasteiger partial charge in [-0.2, -0.15) is 0 Å². The largest absolute Gasteiger partial charge is 0.507 e. The van der Waals surface area contributed by atoms with E-state index in [1.807, 2.05) is 0 Å². The highest BCUT2D eigenvalue weighted by Gasteiger charge is 2.51. The normalized spacial score (nSPS) is 36.3. The summed E-state index contributed by atoms with van der Waals surface area (Å²) in [7, 11) is 0. The molecule has 3 aliphatic rings. The summed E-state index contributed by atoms with van der Waals surface area (Å²) in [6.45, 7) is 1.29. The van der Waals surface area contributed by atoms with Crippen molar-refractivity contribution in [1.29, 1.82) is 0 Å². The number of thioether (sulfide) groups is 2. The van der Waals surface area contributed by atoms with Crippen LogP contribution in [0.2, 0.25) is 0 Å². The van der Waals surface area contributed by atoms with Gasteiger partial charge in [0.05, 0.1) is 27.2 Å². The summed E-state index contributed by atoms with van der Waals surface area (Å²) in [5.74, 6) is -0.594. The number of carbonyl (C=O) groups excluding carboxylic acids is 2. The highest BCUT2D eigenvalue weighted by atomic mass is 32.2. The number of hydrogen-bond acceptors (Lipinski definition) is 9. The van der Waals surface area contributed by atoms with Gasteiger partial charge in [-0.05, 0) is 6.92 Å². The summed E-state index contributed by atoms with van der Waals surface area (Å²) >= 11 is 2.69. The SMILES string of the molecule is CC1(O)Cc2c(O)c3c(c(O)c2C(O)C1O)C(=O)C1SCCSC1C3=O. The van der Waals surface area contributed by atoms with Gasteiger partial charge in [0.25, 0.3) is 0 Å². The number of aliphatic hydroxyl groups excluding tert-OH is 2. The second-order valence-corrected chi connectivity index (χ2v) is 9.57. The summed E-state index contributed by atoms with van der Waals surface area (Å²) in [4.78, 5) is 25.9. The van der Waals surface area contributed by atoms with E-state index in [0.717, 1.165) is 0 Å². The van der Waals surface area contributed by atoms with Crippen LogP contribution in [-0.2, 0) is 6.42 Å². The molecule has 26 heavy (non-hydrogen) atoms. The minimum atomic E-state index is -1.76. The highest BCUT2D eigenvalue weighted by Crippen LogP contribution is 2.52. The van der Waals surface area contributed by atoms with E-state index < -0.39 is 51.4 Å². The fraction of sp³-hybridized carbons (Fsp3) is 0.529. The number of phenols is 2. The average molecular weight is 398 g/mol. The van der Waals surface area contributed by atoms with Crippen molar-refractivity contribution in [3.05, 3.63) is 22.3 Å². The molecule has 4 rings (SSSR count). The van der Waals surface area contributed by atoms with Gasteiger partial charge in [-0.3, -0.25) is 9.59 Å². The molecule has 1 aromatic rings. The van der Waals surface area contributed by atoms with Crippen LogP contribution >= 0.6 is 23.5 Å². The molecule has 5 atom stereocenters. The van der Waals surface area contributed by atoms with E-state index in [1.54, 1.807) is 0 Å². The van der Waals surface area contributed by atoms with Crippen molar-refractivity contribution in [2.75, 3.05) is 11.5 Å². The molecule has 7 nitrogen and oxygen atoms in total. The van der Waals surface area contributed by atoms with Gasteiger partial charge in [0.15, 0.2) is 11.6 Å². The summed E-state index contributed by atoms with van der Waals surface area (Å²) in [6, 6.07) is 0. The van der Waals surface area contributed by atoms with Crippen molar-refractivity contribution in [3.63, 3.8) is 0 Å². The summed E-state index contributed by atoms with van der Waals surface area (Å²) in [5.41, 5.74) is -2.52. The van der Waals surface area contributed by atoms with Crippen LogP contribution < -0.4 is 0 Å². The minimum absolute atomic E-state index is 0.0166. The fourth-order valence-corrected chi connectivity index (χ4v) is 6.85. The molecular formula is C17H18O7S2. The smallest absolute Gasteiger partial charge is 0.182 e. The molecule has 0 amide bonds. The highest BCUT2D eigenvalue weighted by molar-refractivity contribution is 8.08. The Labute approximate surface area is 157 Å². The molecule has 1 fully saturated rings. The molecule has 1 aliphatic heterocycles. The van der Waals surface area contributed by atoms with Crippen LogP contribution in [-0.4, -0.2) is 70.8 Å². The Kier molecular flexibility index (Phi) is 4.09. The van der Waals surface area contributed by atoms with Crippen molar-refractivity contribution in [3.8, 4) is 11.5 Å². The van der Waals surface area contributed by atoms with E-state index in [2.05, 4.69) is 0 Å². The maximum absolute atomic E-state index is 12.9. The van der Waals surface area contributed by atoms with Crippen LogP contribution in [0, 0.1) is 0 Å². The molecule has 1 saturated heterocycles. The average Bonchev–Trinajstić information content (AvgIpc) is 2.60. The number of Topliss-reactive ketones (excluding diaryl/α,β-unsaturated/α-hetero) is 2. The fourth-order valence-electron chi connectivity index (χ4n) is 3.97. The van der Waals surface area contributed by atoms with Gasteiger partial charge < -0.3 is 25.5 Å². The summed E-state index contributed by atoms with van der Waals surface area (Å²) in [6.07, 6.45) is -3.58. The van der Waals surface area contributed by atoms with Gasteiger partial charge in [0.2, 0.25) is 0 Å². The third kappa shape index (κ3) is 2.27. The molecule has 5 unspecified atom stereocenters. The lowest BCUT2D eigenvalue weighted by Crippen LogP contribution is -2.49. The first-order valence-electron chi connectivity index (χ1n) is 8.17. The lowest BCUT2D eigenvalue weighted by atomic mass is 9.73. The standard InChI is InChI=1S/C17H18O7S2/c1-17(24)4-5-6(13(22)16(17)23)10(19)8-7(9(5)18)11(20)14-15(12(8)21)26-3-2-25-14/h13-16,18-19,22-24H,2-4H2,1H3. The number of aromatic hydroxyl groups is 2. The van der Waals surface area contributed by atoms with Crippen LogP contribution in [0.4, 0.5) is 0 Å². The number of hydrogen-bond donors (Lipinski definition) is 5. The first kappa shape index (κ1) is 18.1. The summed E-state index contributed by atoms with van der Waals surface area (Å²) in [5, 5.41) is 50.9. The van der Waals surface area contributed by atoms with Crippen molar-refractivity contribution in [1.82, 2.24) is 0 Å². The molecule has 140 valence electrons. The van der Waals surface area contributed by atoms with E-state index in [0.29, 0.717) is 11.5 Å². The third-order valence-electron chi connectivity index (χ3n) is 5.32. The van der Waals surface area contributed by atoms with Gasteiger partial charge in [-0.15, -0.1) is 23.5 Å². The van der Waals surface area contributed by atoms with Crippen molar-refractivity contribution in [2.45, 2.75) is 41.7 Å². The first-order valence-corrected chi connectivity index (χ1v) is 10.3. The number of fused-ring (bicyclic) bond motifs is 3. The van der Waals surface area contributed by atoms with Crippen molar-refractivity contribution >= 4 is 35.1 Å². The minimum Gasteiger partial charge on any atom is -0.507 e. The first-order chi connectivity index (χ1) is 12.2. The maximum atomic E-state index is 12.9. The molecule has 0 spiro atoms. The molecule has 9 heteroatoms. The Morgan fingerprint density at radius 2 is 1.46 bits per heavy atom. The Balaban J connectivity index is 1.99. The van der Waals surface area contributed by atoms with E-state index in [9.17, 15) is 35.1 Å². The van der Waals surface area contributed by atoms with Crippen molar-refractivity contribution < 1.29 is 35.1 Å². The molecule has 0 radical (unpaired) electrons. The number of ketones is 2. The maximum Gasteiger partial charge on any atom is 0.182 e. The third-order valence-corrected chi connectivity index (χ3v) is 8.32. The molecular weight excluding hydrogens is 380 g/mol. The second kappa shape index (κ2) is 5.87. The number of carbonyl (C=O) groups is 2. The molecule has 1 heterocycles. The molecule has 0 bridgehead atoms. The van der Waals surface area contributed by atoms with Gasteiger partial charge in [0, 0.05) is 29.1 Å². The predicted octanol–water partition coefficient (Wildman–Crippen LogP) is 0.395. The number of aliphatic hydroxyl groups is 3. The lowest BCUT2D eigenvalue weighted by molar-refractivity contribution is -0.126. The van der Waals surface area contributed by atoms with Gasteiger partial charge in [-0.1, -0.05) is 0 Å². The quantitative estimate of drug-likeness (QED) is 0.393. The van der Waals surface area contributed by atoms with Gasteiger partial charge in [-0.25, -0.2) is 0 Å². The summed E-state index contributed by atoms with van der Waals surface area (Å²) < 4.78 is 0. The Morgan fingerprint density at radius 1 is 0.962 bits per heavy atom. The Morgan fingerprint density at radius 3 is 2.00 bits per heavy atom. The zero-order valence-corrected chi connectivity index (χ0v) is 15.4. The molecule has 5 N–H and O–H groups in total. The van der Waals surface area contributed by atoms with Gasteiger partial charge >= 0.3 is 0 Å². The molecule has 0 aromatic heterocycles. The van der Waals surface area contributed by atoms with Crippen LogP contribution in [0.25, 0.3) is 0 Å². The monoisotopic (exact) mass is 398 g/mol. The molecule has 2 aliphatic carbocycles. The van der Waals surface area contributed by atoms with E-state index >= 15 is 0 Å². The van der Waals surface area contributed by atoms with E-state index in [-0.39, 0.29) is 28.7 Å². The number of benzene rings is 1.